The SMILES string of the molecule is C=O.CC.CC(=O)NC1(C(C)=O)CCCC12CNC2. The van der Waals surface area contributed by atoms with Gasteiger partial charge < -0.3 is 15.4 Å². The van der Waals surface area contributed by atoms with Crippen LogP contribution in [0.15, 0.2) is 0 Å². The van der Waals surface area contributed by atoms with Crippen molar-refractivity contribution in [2.45, 2.75) is 52.5 Å². The van der Waals surface area contributed by atoms with Crippen LogP contribution in [0.25, 0.3) is 0 Å². The maximum atomic E-state index is 11.9. The first-order chi connectivity index (χ1) is 9.02. The van der Waals surface area contributed by atoms with Gasteiger partial charge >= 0.3 is 0 Å². The van der Waals surface area contributed by atoms with Crippen LogP contribution in [0.4, 0.5) is 0 Å². The first-order valence-electron chi connectivity index (χ1n) is 6.82. The molecule has 2 aliphatic rings. The molecule has 5 heteroatoms. The van der Waals surface area contributed by atoms with E-state index in [9.17, 15) is 9.59 Å². The largest absolute Gasteiger partial charge is 0.343 e. The van der Waals surface area contributed by atoms with E-state index in [4.69, 9.17) is 4.79 Å². The van der Waals surface area contributed by atoms with Gasteiger partial charge in [0, 0.05) is 25.4 Å². The van der Waals surface area contributed by atoms with E-state index in [1.807, 2.05) is 20.6 Å². The topological polar surface area (TPSA) is 75.3 Å². The van der Waals surface area contributed by atoms with Gasteiger partial charge in [0.05, 0.1) is 0 Å². The van der Waals surface area contributed by atoms with Gasteiger partial charge in [-0.2, -0.15) is 0 Å². The summed E-state index contributed by atoms with van der Waals surface area (Å²) < 4.78 is 0. The Morgan fingerprint density at radius 2 is 1.63 bits per heavy atom. The van der Waals surface area contributed by atoms with Gasteiger partial charge in [-0.1, -0.05) is 13.8 Å². The number of ketones is 1. The first-order valence-corrected chi connectivity index (χ1v) is 6.82. The molecule has 2 fully saturated rings. The van der Waals surface area contributed by atoms with Crippen LogP contribution in [0.3, 0.4) is 0 Å². The highest BCUT2D eigenvalue weighted by molar-refractivity contribution is 5.92. The van der Waals surface area contributed by atoms with Crippen molar-refractivity contribution in [1.29, 1.82) is 0 Å². The van der Waals surface area contributed by atoms with E-state index in [0.717, 1.165) is 32.4 Å². The molecule has 19 heavy (non-hydrogen) atoms. The fraction of sp³-hybridized carbons (Fsp3) is 0.786. The Hall–Kier alpha value is -1.23. The number of rotatable bonds is 2. The third-order valence-corrected chi connectivity index (χ3v) is 4.03. The molecule has 110 valence electrons. The minimum atomic E-state index is -0.593. The second kappa shape index (κ2) is 7.38. The average Bonchev–Trinajstić information content (AvgIpc) is 2.74. The third kappa shape index (κ3) is 3.03. The molecule has 2 rings (SSSR count). The summed E-state index contributed by atoms with van der Waals surface area (Å²) in [5.74, 6) is 0.00933. The highest BCUT2D eigenvalue weighted by Gasteiger charge is 2.61. The van der Waals surface area contributed by atoms with Gasteiger partial charge in [-0.3, -0.25) is 9.59 Å². The molecule has 2 N–H and O–H groups in total. The second-order valence-electron chi connectivity index (χ2n) is 4.88. The molecule has 1 aliphatic heterocycles. The van der Waals surface area contributed by atoms with Gasteiger partial charge in [-0.15, -0.1) is 0 Å². The molecular formula is C14H26N2O3. The minimum absolute atomic E-state index is 0.00942. The normalized spacial score (nSPS) is 26.1. The van der Waals surface area contributed by atoms with Gasteiger partial charge in [-0.25, -0.2) is 0 Å². The number of carbonyl (C=O) groups excluding carboxylic acids is 3. The van der Waals surface area contributed by atoms with Crippen LogP contribution in [0, 0.1) is 5.41 Å². The maximum absolute atomic E-state index is 11.9. The number of nitrogens with one attached hydrogen (secondary N) is 2. The van der Waals surface area contributed by atoms with Gasteiger partial charge in [0.2, 0.25) is 5.91 Å². The Morgan fingerprint density at radius 3 is 1.95 bits per heavy atom. The highest BCUT2D eigenvalue weighted by atomic mass is 16.2. The summed E-state index contributed by atoms with van der Waals surface area (Å²) in [7, 11) is 0. The van der Waals surface area contributed by atoms with Gasteiger partial charge in [-0.05, 0) is 26.2 Å². The molecule has 1 spiro atoms. The summed E-state index contributed by atoms with van der Waals surface area (Å²) in [6.45, 7) is 10.8. The van der Waals surface area contributed by atoms with Crippen LogP contribution in [0.2, 0.25) is 0 Å². The molecule has 1 atom stereocenters. The van der Waals surface area contributed by atoms with Gasteiger partial charge in [0.1, 0.15) is 12.3 Å². The molecule has 0 aromatic carbocycles. The standard InChI is InChI=1S/C11H18N2O2.C2H6.CH2O/c1-8(14)11(13-9(2)15)5-3-4-10(11)6-12-7-10;2*1-2/h12H,3-7H2,1-2H3,(H,13,15);1-2H3;1H2. The smallest absolute Gasteiger partial charge is 0.217 e. The van der Waals surface area contributed by atoms with E-state index >= 15 is 0 Å². The summed E-state index contributed by atoms with van der Waals surface area (Å²) in [4.78, 5) is 31.1. The number of carbonyl (C=O) groups is 3. The van der Waals surface area contributed by atoms with E-state index in [1.54, 1.807) is 6.92 Å². The van der Waals surface area contributed by atoms with Crippen LogP contribution >= 0.6 is 0 Å². The molecule has 1 aliphatic carbocycles. The van der Waals surface area contributed by atoms with Crippen LogP contribution in [-0.2, 0) is 14.4 Å². The second-order valence-corrected chi connectivity index (χ2v) is 4.88. The van der Waals surface area contributed by atoms with Crippen molar-refractivity contribution in [1.82, 2.24) is 10.6 Å². The third-order valence-electron chi connectivity index (χ3n) is 4.03. The van der Waals surface area contributed by atoms with Crippen molar-refractivity contribution in [3.8, 4) is 0 Å². The predicted octanol–water partition coefficient (Wildman–Crippen LogP) is 1.07. The van der Waals surface area contributed by atoms with E-state index in [-0.39, 0.29) is 17.1 Å². The molecule has 1 saturated heterocycles. The predicted molar refractivity (Wildman–Crippen MR) is 74.9 cm³/mol. The Labute approximate surface area is 115 Å². The first kappa shape index (κ1) is 17.8. The quantitative estimate of drug-likeness (QED) is 0.787. The zero-order chi connectivity index (χ0) is 15.1. The number of hydrogen-bond acceptors (Lipinski definition) is 4. The van der Waals surface area contributed by atoms with Crippen molar-refractivity contribution < 1.29 is 14.4 Å². The molecule has 0 aromatic heterocycles. The van der Waals surface area contributed by atoms with E-state index < -0.39 is 5.54 Å². The molecule has 1 saturated carbocycles. The maximum Gasteiger partial charge on any atom is 0.217 e. The Balaban J connectivity index is 0.000000741. The van der Waals surface area contributed by atoms with Crippen molar-refractivity contribution >= 4 is 18.5 Å². The van der Waals surface area contributed by atoms with Gasteiger partial charge in [0.25, 0.3) is 0 Å². The highest BCUT2D eigenvalue weighted by Crippen LogP contribution is 2.49. The van der Waals surface area contributed by atoms with Crippen molar-refractivity contribution in [3.05, 3.63) is 0 Å². The molecule has 1 amide bonds. The molecular weight excluding hydrogens is 244 g/mol. The van der Waals surface area contributed by atoms with Crippen molar-refractivity contribution in [2.75, 3.05) is 13.1 Å². The monoisotopic (exact) mass is 270 g/mol. The number of amides is 1. The average molecular weight is 270 g/mol. The van der Waals surface area contributed by atoms with Crippen molar-refractivity contribution in [2.24, 2.45) is 5.41 Å². The molecule has 0 aromatic rings. The lowest BCUT2D eigenvalue weighted by molar-refractivity contribution is -0.136. The lowest BCUT2D eigenvalue weighted by Crippen LogP contribution is -2.71. The lowest BCUT2D eigenvalue weighted by Gasteiger charge is -2.51. The molecule has 5 nitrogen and oxygen atoms in total. The van der Waals surface area contributed by atoms with Crippen LogP contribution < -0.4 is 10.6 Å². The van der Waals surface area contributed by atoms with E-state index in [1.165, 1.54) is 6.92 Å². The van der Waals surface area contributed by atoms with Crippen LogP contribution in [-0.4, -0.2) is 37.1 Å². The molecule has 1 heterocycles. The van der Waals surface area contributed by atoms with E-state index in [2.05, 4.69) is 10.6 Å². The molecule has 1 unspecified atom stereocenters. The Kier molecular flexibility index (Phi) is 6.90. The number of Topliss-reactive ketones (excluding diaryl/α,β-unsaturated/α-hetero) is 1. The summed E-state index contributed by atoms with van der Waals surface area (Å²) in [6, 6.07) is 0. The lowest BCUT2D eigenvalue weighted by atomic mass is 9.65. The minimum Gasteiger partial charge on any atom is -0.343 e. The fourth-order valence-corrected chi connectivity index (χ4v) is 3.21. The fourth-order valence-electron chi connectivity index (χ4n) is 3.21. The molecule has 0 bridgehead atoms. The summed E-state index contributed by atoms with van der Waals surface area (Å²) in [6.07, 6.45) is 2.87. The Morgan fingerprint density at radius 1 is 1.11 bits per heavy atom. The molecule has 0 radical (unpaired) electrons. The van der Waals surface area contributed by atoms with E-state index in [0.29, 0.717) is 0 Å². The number of hydrogen-bond donors (Lipinski definition) is 2. The van der Waals surface area contributed by atoms with Crippen LogP contribution in [0.5, 0.6) is 0 Å². The zero-order valence-corrected chi connectivity index (χ0v) is 12.5. The zero-order valence-electron chi connectivity index (χ0n) is 12.5. The summed E-state index contributed by atoms with van der Waals surface area (Å²) in [5.41, 5.74) is -0.603. The summed E-state index contributed by atoms with van der Waals surface area (Å²) >= 11 is 0. The van der Waals surface area contributed by atoms with Crippen LogP contribution in [0.1, 0.15) is 47.0 Å². The van der Waals surface area contributed by atoms with Gasteiger partial charge in [0.15, 0.2) is 5.78 Å². The summed E-state index contributed by atoms with van der Waals surface area (Å²) in [5, 5.41) is 6.14. The Bertz CT molecular complexity index is 327. The van der Waals surface area contributed by atoms with Crippen molar-refractivity contribution in [3.63, 3.8) is 0 Å².